The highest BCUT2D eigenvalue weighted by Gasteiger charge is 2.18. The van der Waals surface area contributed by atoms with Crippen molar-refractivity contribution in [2.45, 2.75) is 38.6 Å². The Bertz CT molecular complexity index is 668. The highest BCUT2D eigenvalue weighted by Crippen LogP contribution is 2.31. The van der Waals surface area contributed by atoms with Crippen LogP contribution in [0.25, 0.3) is 11.1 Å². The van der Waals surface area contributed by atoms with E-state index in [0.29, 0.717) is 6.42 Å². The number of pyridine rings is 1. The second-order valence-electron chi connectivity index (χ2n) is 5.38. The number of nitrogens with one attached hydrogen (secondary N) is 1. The summed E-state index contributed by atoms with van der Waals surface area (Å²) in [6.07, 6.45) is 9.33. The van der Waals surface area contributed by atoms with Crippen LogP contribution in [0.2, 0.25) is 0 Å². The molecule has 1 atom stereocenters. The number of aromatic nitrogens is 3. The van der Waals surface area contributed by atoms with E-state index in [1.807, 2.05) is 23.1 Å². The molecule has 5 heteroatoms. The van der Waals surface area contributed by atoms with Gasteiger partial charge in [0.1, 0.15) is 5.82 Å². The third-order valence-corrected chi connectivity index (χ3v) is 3.96. The fraction of sp³-hybridized carbons (Fsp3) is 0.438. The van der Waals surface area contributed by atoms with E-state index in [1.54, 1.807) is 0 Å². The summed E-state index contributed by atoms with van der Waals surface area (Å²) < 4.78 is 1.94. The van der Waals surface area contributed by atoms with E-state index in [1.165, 1.54) is 11.1 Å². The van der Waals surface area contributed by atoms with Crippen molar-refractivity contribution in [2.75, 3.05) is 11.9 Å². The van der Waals surface area contributed by atoms with Gasteiger partial charge in [0.05, 0.1) is 24.7 Å². The molecule has 0 fully saturated rings. The van der Waals surface area contributed by atoms with Gasteiger partial charge in [-0.05, 0) is 24.5 Å². The van der Waals surface area contributed by atoms with Crippen molar-refractivity contribution in [1.82, 2.24) is 14.8 Å². The summed E-state index contributed by atoms with van der Waals surface area (Å²) in [6.45, 7) is 3.08. The molecule has 1 aliphatic heterocycles. The highest BCUT2D eigenvalue weighted by molar-refractivity contribution is 5.72. The number of hydrogen-bond donors (Lipinski definition) is 1. The Morgan fingerprint density at radius 3 is 3.24 bits per heavy atom. The fourth-order valence-electron chi connectivity index (χ4n) is 2.92. The Morgan fingerprint density at radius 2 is 2.43 bits per heavy atom. The molecule has 0 saturated carbocycles. The molecule has 5 nitrogen and oxygen atoms in total. The molecular formula is C16H19N5. The molecule has 2 aromatic heterocycles. The maximum atomic E-state index is 8.97. The van der Waals surface area contributed by atoms with Crippen LogP contribution in [0.5, 0.6) is 0 Å². The number of nitrogens with zero attached hydrogens (tertiary/aromatic N) is 4. The van der Waals surface area contributed by atoms with Gasteiger partial charge in [-0.15, -0.1) is 0 Å². The van der Waals surface area contributed by atoms with Crippen molar-refractivity contribution in [3.8, 4) is 17.2 Å². The summed E-state index contributed by atoms with van der Waals surface area (Å²) in [5.41, 5.74) is 3.57. The second kappa shape index (κ2) is 5.96. The van der Waals surface area contributed by atoms with Gasteiger partial charge in [0, 0.05) is 30.1 Å². The predicted molar refractivity (Wildman–Crippen MR) is 81.8 cm³/mol. The summed E-state index contributed by atoms with van der Waals surface area (Å²) >= 11 is 0. The lowest BCUT2D eigenvalue weighted by Crippen LogP contribution is -2.08. The van der Waals surface area contributed by atoms with E-state index in [4.69, 9.17) is 5.26 Å². The largest absolute Gasteiger partial charge is 0.369 e. The maximum absolute atomic E-state index is 8.97. The van der Waals surface area contributed by atoms with Gasteiger partial charge in [-0.1, -0.05) is 13.3 Å². The minimum atomic E-state index is 0.168. The second-order valence-corrected chi connectivity index (χ2v) is 5.38. The zero-order chi connectivity index (χ0) is 14.7. The first kappa shape index (κ1) is 13.6. The number of anilines is 1. The molecule has 2 aromatic rings. The summed E-state index contributed by atoms with van der Waals surface area (Å²) in [7, 11) is 0. The first-order valence-electron chi connectivity index (χ1n) is 7.46. The van der Waals surface area contributed by atoms with Gasteiger partial charge in [0.2, 0.25) is 0 Å². The van der Waals surface area contributed by atoms with Gasteiger partial charge in [0.25, 0.3) is 0 Å². The molecule has 0 radical (unpaired) electrons. The minimum absolute atomic E-state index is 0.168. The van der Waals surface area contributed by atoms with Gasteiger partial charge in [0.15, 0.2) is 0 Å². The van der Waals surface area contributed by atoms with E-state index in [0.717, 1.165) is 37.2 Å². The summed E-state index contributed by atoms with van der Waals surface area (Å²) in [6, 6.07) is 4.48. The molecule has 0 spiro atoms. The highest BCUT2D eigenvalue weighted by atomic mass is 15.3. The Balaban J connectivity index is 1.92. The van der Waals surface area contributed by atoms with Crippen LogP contribution in [0.1, 0.15) is 37.8 Å². The molecule has 108 valence electrons. The molecule has 0 aliphatic carbocycles. The number of nitriles is 1. The molecule has 0 bridgehead atoms. The fourth-order valence-corrected chi connectivity index (χ4v) is 2.92. The van der Waals surface area contributed by atoms with Crippen LogP contribution in [0.15, 0.2) is 24.7 Å². The van der Waals surface area contributed by atoms with Gasteiger partial charge >= 0.3 is 0 Å². The number of hydrogen-bond acceptors (Lipinski definition) is 4. The standard InChI is InChI=1S/C16H19N5/c1-2-3-13(4-7-17)21-11-12(10-20-21)14-5-8-18-16-15(14)6-9-19-16/h5,8,10-11,13H,2-4,6,9H2,1H3,(H,18,19)/t13-/m0/s1. The zero-order valence-electron chi connectivity index (χ0n) is 12.2. The van der Waals surface area contributed by atoms with Crippen molar-refractivity contribution in [3.05, 3.63) is 30.2 Å². The van der Waals surface area contributed by atoms with Crippen molar-refractivity contribution in [2.24, 2.45) is 0 Å². The van der Waals surface area contributed by atoms with E-state index in [2.05, 4.69) is 34.6 Å². The minimum Gasteiger partial charge on any atom is -0.369 e. The third kappa shape index (κ3) is 2.62. The average molecular weight is 281 g/mol. The first-order chi connectivity index (χ1) is 10.3. The summed E-state index contributed by atoms with van der Waals surface area (Å²) in [4.78, 5) is 4.36. The first-order valence-corrected chi connectivity index (χ1v) is 7.46. The molecule has 1 aliphatic rings. The van der Waals surface area contributed by atoms with Gasteiger partial charge in [-0.3, -0.25) is 4.68 Å². The van der Waals surface area contributed by atoms with E-state index >= 15 is 0 Å². The molecule has 0 saturated heterocycles. The van der Waals surface area contributed by atoms with E-state index in [9.17, 15) is 0 Å². The molecule has 0 unspecified atom stereocenters. The molecule has 0 amide bonds. The zero-order valence-corrected chi connectivity index (χ0v) is 12.2. The van der Waals surface area contributed by atoms with Gasteiger partial charge in [-0.2, -0.15) is 10.4 Å². The van der Waals surface area contributed by atoms with Crippen molar-refractivity contribution >= 4 is 5.82 Å². The van der Waals surface area contributed by atoms with Crippen LogP contribution in [-0.4, -0.2) is 21.3 Å². The topological polar surface area (TPSA) is 66.5 Å². The van der Waals surface area contributed by atoms with Crippen LogP contribution in [0.4, 0.5) is 5.82 Å². The molecule has 3 heterocycles. The number of rotatable bonds is 5. The number of fused-ring (bicyclic) bond motifs is 1. The monoisotopic (exact) mass is 281 g/mol. The van der Waals surface area contributed by atoms with Crippen LogP contribution in [0, 0.1) is 11.3 Å². The lowest BCUT2D eigenvalue weighted by Gasteiger charge is -2.12. The van der Waals surface area contributed by atoms with Crippen molar-refractivity contribution in [1.29, 1.82) is 5.26 Å². The lowest BCUT2D eigenvalue weighted by molar-refractivity contribution is 0.428. The van der Waals surface area contributed by atoms with E-state index < -0.39 is 0 Å². The third-order valence-electron chi connectivity index (χ3n) is 3.96. The molecule has 3 rings (SSSR count). The molecule has 21 heavy (non-hydrogen) atoms. The van der Waals surface area contributed by atoms with Crippen molar-refractivity contribution < 1.29 is 0 Å². The smallest absolute Gasteiger partial charge is 0.129 e. The maximum Gasteiger partial charge on any atom is 0.129 e. The Morgan fingerprint density at radius 1 is 1.52 bits per heavy atom. The normalized spacial score (nSPS) is 14.3. The Labute approximate surface area is 124 Å². The SMILES string of the molecule is CCC[C@@H](CC#N)n1cc(-c2ccnc3c2CCN3)cn1. The Kier molecular flexibility index (Phi) is 3.87. The van der Waals surface area contributed by atoms with Crippen molar-refractivity contribution in [3.63, 3.8) is 0 Å². The lowest BCUT2D eigenvalue weighted by atomic mass is 10.0. The Hall–Kier alpha value is -2.35. The van der Waals surface area contributed by atoms with E-state index in [-0.39, 0.29) is 6.04 Å². The van der Waals surface area contributed by atoms with Crippen LogP contribution in [-0.2, 0) is 6.42 Å². The van der Waals surface area contributed by atoms with Crippen LogP contribution >= 0.6 is 0 Å². The summed E-state index contributed by atoms with van der Waals surface area (Å²) in [5.74, 6) is 0.988. The van der Waals surface area contributed by atoms with Gasteiger partial charge in [-0.25, -0.2) is 4.98 Å². The summed E-state index contributed by atoms with van der Waals surface area (Å²) in [5, 5.41) is 16.7. The quantitative estimate of drug-likeness (QED) is 0.914. The average Bonchev–Trinajstić information content (AvgIpc) is 3.15. The molecular weight excluding hydrogens is 262 g/mol. The predicted octanol–water partition coefficient (Wildman–Crippen LogP) is 3.17. The molecule has 0 aromatic carbocycles. The van der Waals surface area contributed by atoms with Crippen LogP contribution in [0.3, 0.4) is 0 Å². The van der Waals surface area contributed by atoms with Gasteiger partial charge < -0.3 is 5.32 Å². The van der Waals surface area contributed by atoms with Crippen LogP contribution < -0.4 is 5.32 Å². The molecule has 1 N–H and O–H groups in total.